The van der Waals surface area contributed by atoms with Crippen LogP contribution in [-0.2, 0) is 16.6 Å². The predicted octanol–water partition coefficient (Wildman–Crippen LogP) is 0.859. The SMILES string of the molecule is CC1CN(C)CCC1NS(=O)(=O)c1ccc(CO)s1. The number of nitrogens with one attached hydrogen (secondary N) is 1. The topological polar surface area (TPSA) is 69.6 Å². The number of sulfonamides is 1. The van der Waals surface area contributed by atoms with Crippen LogP contribution in [0.25, 0.3) is 0 Å². The molecule has 1 aliphatic heterocycles. The van der Waals surface area contributed by atoms with E-state index in [2.05, 4.69) is 16.5 Å². The van der Waals surface area contributed by atoms with Crippen molar-refractivity contribution in [3.05, 3.63) is 17.0 Å². The Morgan fingerprint density at radius 3 is 2.84 bits per heavy atom. The van der Waals surface area contributed by atoms with Crippen LogP contribution in [-0.4, -0.2) is 44.6 Å². The maximum atomic E-state index is 12.3. The van der Waals surface area contributed by atoms with Crippen LogP contribution < -0.4 is 4.72 Å². The third kappa shape index (κ3) is 3.55. The molecule has 0 saturated carbocycles. The van der Waals surface area contributed by atoms with Crippen LogP contribution in [0.2, 0.25) is 0 Å². The van der Waals surface area contributed by atoms with Crippen molar-refractivity contribution in [1.82, 2.24) is 9.62 Å². The molecule has 0 radical (unpaired) electrons. The number of piperidine rings is 1. The van der Waals surface area contributed by atoms with Crippen molar-refractivity contribution in [2.24, 2.45) is 5.92 Å². The predicted molar refractivity (Wildman–Crippen MR) is 75.6 cm³/mol. The number of nitrogens with zero attached hydrogens (tertiary/aromatic N) is 1. The van der Waals surface area contributed by atoms with Gasteiger partial charge in [0, 0.05) is 17.5 Å². The number of aliphatic hydroxyl groups is 1. The average molecular weight is 304 g/mol. The summed E-state index contributed by atoms with van der Waals surface area (Å²) in [6.07, 6.45) is 0.829. The summed E-state index contributed by atoms with van der Waals surface area (Å²) in [5.74, 6) is 0.297. The summed E-state index contributed by atoms with van der Waals surface area (Å²) in [4.78, 5) is 2.88. The highest BCUT2D eigenvalue weighted by atomic mass is 32.2. The third-order valence-electron chi connectivity index (χ3n) is 3.47. The highest BCUT2D eigenvalue weighted by molar-refractivity contribution is 7.91. The molecule has 0 bridgehead atoms. The first-order valence-electron chi connectivity index (χ1n) is 6.33. The summed E-state index contributed by atoms with van der Waals surface area (Å²) in [7, 11) is -1.41. The molecule has 108 valence electrons. The first-order valence-corrected chi connectivity index (χ1v) is 8.63. The first-order chi connectivity index (χ1) is 8.92. The van der Waals surface area contributed by atoms with Gasteiger partial charge >= 0.3 is 0 Å². The molecule has 1 aliphatic rings. The maximum absolute atomic E-state index is 12.3. The molecule has 7 heteroatoms. The van der Waals surface area contributed by atoms with E-state index in [0.717, 1.165) is 30.8 Å². The fourth-order valence-electron chi connectivity index (χ4n) is 2.37. The van der Waals surface area contributed by atoms with Crippen LogP contribution in [0, 0.1) is 5.92 Å². The number of likely N-dealkylation sites (tertiary alicyclic amines) is 1. The van der Waals surface area contributed by atoms with Crippen LogP contribution in [0.1, 0.15) is 18.2 Å². The zero-order chi connectivity index (χ0) is 14.0. The molecule has 1 aromatic rings. The Morgan fingerprint density at radius 1 is 1.53 bits per heavy atom. The van der Waals surface area contributed by atoms with Gasteiger partial charge in [0.1, 0.15) is 4.21 Å². The van der Waals surface area contributed by atoms with Crippen molar-refractivity contribution in [3.63, 3.8) is 0 Å². The summed E-state index contributed by atoms with van der Waals surface area (Å²) in [6.45, 7) is 3.75. The Labute approximate surface area is 118 Å². The van der Waals surface area contributed by atoms with E-state index >= 15 is 0 Å². The van der Waals surface area contributed by atoms with Gasteiger partial charge in [0.15, 0.2) is 0 Å². The van der Waals surface area contributed by atoms with E-state index in [0.29, 0.717) is 10.8 Å². The summed E-state index contributed by atoms with van der Waals surface area (Å²) >= 11 is 1.12. The van der Waals surface area contributed by atoms with Crippen LogP contribution in [0.15, 0.2) is 16.3 Å². The summed E-state index contributed by atoms with van der Waals surface area (Å²) in [5, 5.41) is 9.00. The fraction of sp³-hybridized carbons (Fsp3) is 0.667. The van der Waals surface area contributed by atoms with Crippen molar-refractivity contribution in [1.29, 1.82) is 0 Å². The molecule has 1 saturated heterocycles. The Kier molecular flexibility index (Phi) is 4.62. The van der Waals surface area contributed by atoms with Crippen LogP contribution >= 0.6 is 11.3 Å². The van der Waals surface area contributed by atoms with Gasteiger partial charge in [0.2, 0.25) is 10.0 Å². The van der Waals surface area contributed by atoms with E-state index < -0.39 is 10.0 Å². The van der Waals surface area contributed by atoms with E-state index in [1.165, 1.54) is 0 Å². The van der Waals surface area contributed by atoms with Gasteiger partial charge in [0.25, 0.3) is 0 Å². The van der Waals surface area contributed by atoms with E-state index in [4.69, 9.17) is 5.11 Å². The Bertz CT molecular complexity index is 527. The minimum Gasteiger partial charge on any atom is -0.391 e. The lowest BCUT2D eigenvalue weighted by molar-refractivity contribution is 0.188. The van der Waals surface area contributed by atoms with Gasteiger partial charge in [-0.05, 0) is 38.1 Å². The van der Waals surface area contributed by atoms with E-state index in [1.54, 1.807) is 12.1 Å². The molecule has 5 nitrogen and oxygen atoms in total. The minimum absolute atomic E-state index is 0.0131. The molecule has 0 aromatic carbocycles. The number of hydrogen-bond donors (Lipinski definition) is 2. The van der Waals surface area contributed by atoms with E-state index in [1.807, 2.05) is 7.05 Å². The van der Waals surface area contributed by atoms with Gasteiger partial charge in [-0.25, -0.2) is 13.1 Å². The monoisotopic (exact) mass is 304 g/mol. The minimum atomic E-state index is -3.46. The van der Waals surface area contributed by atoms with E-state index in [9.17, 15) is 8.42 Å². The van der Waals surface area contributed by atoms with Gasteiger partial charge in [-0.15, -0.1) is 11.3 Å². The quantitative estimate of drug-likeness (QED) is 0.865. The normalized spacial score (nSPS) is 25.6. The highest BCUT2D eigenvalue weighted by Gasteiger charge is 2.29. The molecule has 2 heterocycles. The summed E-state index contributed by atoms with van der Waals surface area (Å²) in [5.41, 5.74) is 0. The second-order valence-corrected chi connectivity index (χ2v) is 8.24. The molecule has 0 amide bonds. The zero-order valence-electron chi connectivity index (χ0n) is 11.2. The highest BCUT2D eigenvalue weighted by Crippen LogP contribution is 2.24. The van der Waals surface area contributed by atoms with Crippen molar-refractivity contribution in [2.45, 2.75) is 30.2 Å². The Morgan fingerprint density at radius 2 is 2.26 bits per heavy atom. The molecule has 1 fully saturated rings. The molecule has 2 unspecified atom stereocenters. The average Bonchev–Trinajstić information content (AvgIpc) is 2.82. The van der Waals surface area contributed by atoms with Gasteiger partial charge < -0.3 is 10.0 Å². The van der Waals surface area contributed by atoms with Gasteiger partial charge in [-0.3, -0.25) is 0 Å². The van der Waals surface area contributed by atoms with Crippen molar-refractivity contribution in [3.8, 4) is 0 Å². The zero-order valence-corrected chi connectivity index (χ0v) is 12.8. The largest absolute Gasteiger partial charge is 0.391 e. The molecule has 2 rings (SSSR count). The molecular formula is C12H20N2O3S2. The number of rotatable bonds is 4. The lowest BCUT2D eigenvalue weighted by atomic mass is 9.95. The Hall–Kier alpha value is -0.470. The second kappa shape index (κ2) is 5.88. The van der Waals surface area contributed by atoms with E-state index in [-0.39, 0.29) is 16.9 Å². The van der Waals surface area contributed by atoms with Crippen molar-refractivity contribution in [2.75, 3.05) is 20.1 Å². The van der Waals surface area contributed by atoms with Gasteiger partial charge in [-0.2, -0.15) is 0 Å². The van der Waals surface area contributed by atoms with Crippen LogP contribution in [0.3, 0.4) is 0 Å². The lowest BCUT2D eigenvalue weighted by Gasteiger charge is -2.34. The Balaban J connectivity index is 2.08. The number of hydrogen-bond acceptors (Lipinski definition) is 5. The summed E-state index contributed by atoms with van der Waals surface area (Å²) < 4.78 is 27.6. The number of thiophene rings is 1. The van der Waals surface area contributed by atoms with Crippen molar-refractivity contribution >= 4 is 21.4 Å². The maximum Gasteiger partial charge on any atom is 0.250 e. The molecule has 19 heavy (non-hydrogen) atoms. The van der Waals surface area contributed by atoms with Crippen LogP contribution in [0.5, 0.6) is 0 Å². The third-order valence-corrected chi connectivity index (χ3v) is 6.52. The lowest BCUT2D eigenvalue weighted by Crippen LogP contribution is -2.48. The molecule has 0 spiro atoms. The first kappa shape index (κ1) is 14.9. The molecule has 1 aromatic heterocycles. The number of aliphatic hydroxyl groups excluding tert-OH is 1. The van der Waals surface area contributed by atoms with Crippen molar-refractivity contribution < 1.29 is 13.5 Å². The summed E-state index contributed by atoms with van der Waals surface area (Å²) in [6, 6.07) is 3.19. The fourth-order valence-corrected chi connectivity index (χ4v) is 4.99. The van der Waals surface area contributed by atoms with Crippen LogP contribution in [0.4, 0.5) is 0 Å². The molecular weight excluding hydrogens is 284 g/mol. The van der Waals surface area contributed by atoms with Gasteiger partial charge in [0.05, 0.1) is 6.61 Å². The second-order valence-electron chi connectivity index (χ2n) is 5.13. The smallest absolute Gasteiger partial charge is 0.250 e. The van der Waals surface area contributed by atoms with Gasteiger partial charge in [-0.1, -0.05) is 6.92 Å². The molecule has 2 N–H and O–H groups in total. The molecule has 2 atom stereocenters. The standard InChI is InChI=1S/C12H20N2O3S2/c1-9-7-14(2)6-5-11(9)13-19(16,17)12-4-3-10(8-15)18-12/h3-4,9,11,13,15H,5-8H2,1-2H3. The molecule has 0 aliphatic carbocycles.